The number of hydrogen-bond acceptors (Lipinski definition) is 4. The minimum atomic E-state index is -0.771. The molecular formula is C24H38O4. The van der Waals surface area contributed by atoms with Crippen molar-refractivity contribution in [2.24, 2.45) is 34.5 Å². The molecule has 0 radical (unpaired) electrons. The van der Waals surface area contributed by atoms with E-state index in [4.69, 9.17) is 9.47 Å². The van der Waals surface area contributed by atoms with Crippen molar-refractivity contribution >= 4 is 5.78 Å². The van der Waals surface area contributed by atoms with Gasteiger partial charge in [-0.1, -0.05) is 13.8 Å². The summed E-state index contributed by atoms with van der Waals surface area (Å²) < 4.78 is 12.9. The van der Waals surface area contributed by atoms with Crippen molar-refractivity contribution in [3.05, 3.63) is 0 Å². The van der Waals surface area contributed by atoms with E-state index < -0.39 is 11.4 Å². The van der Waals surface area contributed by atoms with E-state index in [1.807, 2.05) is 13.8 Å². The van der Waals surface area contributed by atoms with Gasteiger partial charge in [0.25, 0.3) is 0 Å². The Hall–Kier alpha value is -0.450. The van der Waals surface area contributed by atoms with E-state index in [-0.39, 0.29) is 23.4 Å². The van der Waals surface area contributed by atoms with Crippen molar-refractivity contribution < 1.29 is 19.4 Å². The van der Waals surface area contributed by atoms with Gasteiger partial charge in [0.15, 0.2) is 17.2 Å². The first-order chi connectivity index (χ1) is 13.0. The smallest absolute Gasteiger partial charge is 0.164 e. The molecule has 5 rings (SSSR count). The molecule has 1 aliphatic heterocycles. The Kier molecular flexibility index (Phi) is 4.06. The molecule has 5 fully saturated rings. The van der Waals surface area contributed by atoms with E-state index in [1.165, 1.54) is 19.3 Å². The van der Waals surface area contributed by atoms with E-state index in [9.17, 15) is 9.90 Å². The van der Waals surface area contributed by atoms with Crippen LogP contribution in [0.3, 0.4) is 0 Å². The Morgan fingerprint density at radius 1 is 0.964 bits per heavy atom. The van der Waals surface area contributed by atoms with Gasteiger partial charge in [-0.25, -0.2) is 0 Å². The number of aliphatic hydroxyl groups is 1. The lowest BCUT2D eigenvalue weighted by atomic mass is 9.44. The van der Waals surface area contributed by atoms with Gasteiger partial charge in [-0.15, -0.1) is 0 Å². The first-order valence-corrected chi connectivity index (χ1v) is 11.6. The molecule has 0 unspecified atom stereocenters. The van der Waals surface area contributed by atoms with Crippen LogP contribution < -0.4 is 0 Å². The number of ketones is 1. The fraction of sp³-hybridized carbons (Fsp3) is 0.958. The highest BCUT2D eigenvalue weighted by Gasteiger charge is 2.75. The SMILES string of the molecule is CC(=O)[C@]12OC(C)(C)O[C@@H]1C[C@@H]1[C@H]3CC[C@H]4C[C@@H](O)CC[C@]4(C)[C@@H]3CC[C@@]12C. The zero-order valence-electron chi connectivity index (χ0n) is 18.3. The van der Waals surface area contributed by atoms with E-state index in [1.54, 1.807) is 6.92 Å². The zero-order valence-corrected chi connectivity index (χ0v) is 18.3. The highest BCUT2D eigenvalue weighted by atomic mass is 16.8. The Balaban J connectivity index is 1.50. The van der Waals surface area contributed by atoms with Gasteiger partial charge in [-0.3, -0.25) is 4.79 Å². The summed E-state index contributed by atoms with van der Waals surface area (Å²) in [5.41, 5.74) is -0.548. The summed E-state index contributed by atoms with van der Waals surface area (Å²) in [5, 5.41) is 10.2. The molecule has 0 aromatic heterocycles. The maximum Gasteiger partial charge on any atom is 0.164 e. The third-order valence-corrected chi connectivity index (χ3v) is 10.2. The highest BCUT2D eigenvalue weighted by molar-refractivity contribution is 5.88. The second kappa shape index (κ2) is 5.82. The van der Waals surface area contributed by atoms with Gasteiger partial charge >= 0.3 is 0 Å². The lowest BCUT2D eigenvalue weighted by Crippen LogP contribution is -2.60. The number of fused-ring (bicyclic) bond motifs is 7. The fourth-order valence-corrected chi connectivity index (χ4v) is 8.98. The summed E-state index contributed by atoms with van der Waals surface area (Å²) in [6.07, 6.45) is 8.57. The summed E-state index contributed by atoms with van der Waals surface area (Å²) in [5.74, 6) is 2.02. The number of carbonyl (C=O) groups excluding carboxylic acids is 1. The molecule has 1 saturated heterocycles. The van der Waals surface area contributed by atoms with Gasteiger partial charge in [-0.05, 0) is 101 Å². The fourth-order valence-electron chi connectivity index (χ4n) is 8.98. The second-order valence-corrected chi connectivity index (χ2v) is 11.7. The van der Waals surface area contributed by atoms with Crippen LogP contribution in [0.1, 0.15) is 86.0 Å². The Morgan fingerprint density at radius 3 is 2.43 bits per heavy atom. The van der Waals surface area contributed by atoms with Gasteiger partial charge in [0, 0.05) is 5.41 Å². The number of Topliss-reactive ketones (excluding diaryl/α,β-unsaturated/α-hetero) is 1. The van der Waals surface area contributed by atoms with Crippen LogP contribution in [0.4, 0.5) is 0 Å². The molecule has 9 atom stereocenters. The lowest BCUT2D eigenvalue weighted by Gasteiger charge is -2.61. The summed E-state index contributed by atoms with van der Waals surface area (Å²) in [6, 6.07) is 0. The number of carbonyl (C=O) groups is 1. The summed E-state index contributed by atoms with van der Waals surface area (Å²) in [4.78, 5) is 13.1. The van der Waals surface area contributed by atoms with Crippen molar-refractivity contribution in [1.29, 1.82) is 0 Å². The standard InChI is InChI=1S/C24H38O4/c1-14(25)24-20(27-21(2,3)28-24)13-19-17-7-6-15-12-16(26)8-10-22(15,4)18(17)9-11-23(19,24)5/h15-20,26H,6-13H2,1-5H3/t15-,16-,17-,18+,19+,20+,22-,23-,24-/m0/s1. The topological polar surface area (TPSA) is 55.8 Å². The van der Waals surface area contributed by atoms with Crippen LogP contribution >= 0.6 is 0 Å². The van der Waals surface area contributed by atoms with E-state index in [2.05, 4.69) is 13.8 Å². The van der Waals surface area contributed by atoms with Gasteiger partial charge in [-0.2, -0.15) is 0 Å². The summed E-state index contributed by atoms with van der Waals surface area (Å²) in [7, 11) is 0. The molecule has 5 aliphatic rings. The maximum absolute atomic E-state index is 13.1. The van der Waals surface area contributed by atoms with Crippen molar-refractivity contribution in [3.8, 4) is 0 Å². The Morgan fingerprint density at radius 2 is 1.71 bits per heavy atom. The zero-order chi connectivity index (χ0) is 20.1. The monoisotopic (exact) mass is 390 g/mol. The van der Waals surface area contributed by atoms with Gasteiger partial charge in [0.2, 0.25) is 0 Å². The minimum Gasteiger partial charge on any atom is -0.393 e. The summed E-state index contributed by atoms with van der Waals surface area (Å²) >= 11 is 0. The first-order valence-electron chi connectivity index (χ1n) is 11.6. The molecule has 1 heterocycles. The van der Waals surface area contributed by atoms with Crippen LogP contribution in [0.15, 0.2) is 0 Å². The van der Waals surface area contributed by atoms with Crippen LogP contribution in [-0.2, 0) is 14.3 Å². The Bertz CT molecular complexity index is 688. The van der Waals surface area contributed by atoms with Crippen molar-refractivity contribution in [2.45, 2.75) is 110 Å². The predicted octanol–water partition coefficient (Wildman–Crippen LogP) is 4.48. The summed E-state index contributed by atoms with van der Waals surface area (Å²) in [6.45, 7) is 10.5. The second-order valence-electron chi connectivity index (χ2n) is 11.7. The molecule has 158 valence electrons. The van der Waals surface area contributed by atoms with Gasteiger partial charge in [0.05, 0.1) is 12.2 Å². The molecule has 28 heavy (non-hydrogen) atoms. The molecule has 4 heteroatoms. The van der Waals surface area contributed by atoms with Crippen LogP contribution in [-0.4, -0.2) is 34.5 Å². The van der Waals surface area contributed by atoms with Crippen LogP contribution in [0.2, 0.25) is 0 Å². The van der Waals surface area contributed by atoms with Crippen LogP contribution in [0.5, 0.6) is 0 Å². The number of hydrogen-bond donors (Lipinski definition) is 1. The van der Waals surface area contributed by atoms with E-state index in [0.29, 0.717) is 29.1 Å². The molecule has 4 aliphatic carbocycles. The van der Waals surface area contributed by atoms with Gasteiger partial charge < -0.3 is 14.6 Å². The number of ether oxygens (including phenoxy) is 2. The highest BCUT2D eigenvalue weighted by Crippen LogP contribution is 2.71. The molecular weight excluding hydrogens is 352 g/mol. The average molecular weight is 391 g/mol. The third-order valence-electron chi connectivity index (χ3n) is 10.2. The molecule has 0 spiro atoms. The van der Waals surface area contributed by atoms with E-state index >= 15 is 0 Å². The Labute approximate surface area is 169 Å². The minimum absolute atomic E-state index is 0.0978. The van der Waals surface area contributed by atoms with Crippen molar-refractivity contribution in [2.75, 3.05) is 0 Å². The molecule has 0 amide bonds. The lowest BCUT2D eigenvalue weighted by molar-refractivity contribution is -0.219. The largest absolute Gasteiger partial charge is 0.393 e. The molecule has 4 saturated carbocycles. The average Bonchev–Trinajstić information content (AvgIpc) is 3.02. The molecule has 0 aromatic carbocycles. The predicted molar refractivity (Wildman–Crippen MR) is 107 cm³/mol. The quantitative estimate of drug-likeness (QED) is 0.717. The number of aliphatic hydroxyl groups excluding tert-OH is 1. The van der Waals surface area contributed by atoms with E-state index in [0.717, 1.165) is 32.1 Å². The molecule has 0 aromatic rings. The number of rotatable bonds is 1. The third kappa shape index (κ3) is 2.26. The molecule has 4 nitrogen and oxygen atoms in total. The normalized spacial score (nSPS) is 57.1. The van der Waals surface area contributed by atoms with Crippen LogP contribution in [0.25, 0.3) is 0 Å². The maximum atomic E-state index is 13.1. The van der Waals surface area contributed by atoms with Crippen molar-refractivity contribution in [1.82, 2.24) is 0 Å². The molecule has 1 N–H and O–H groups in total. The van der Waals surface area contributed by atoms with Crippen LogP contribution in [0, 0.1) is 34.5 Å². The molecule has 0 bridgehead atoms. The van der Waals surface area contributed by atoms with Gasteiger partial charge in [0.1, 0.15) is 0 Å². The first kappa shape index (κ1) is 19.5. The van der Waals surface area contributed by atoms with Crippen molar-refractivity contribution in [3.63, 3.8) is 0 Å².